The summed E-state index contributed by atoms with van der Waals surface area (Å²) in [6, 6.07) is 12.0. The van der Waals surface area contributed by atoms with E-state index in [9.17, 15) is 9.18 Å². The van der Waals surface area contributed by atoms with E-state index in [0.29, 0.717) is 0 Å². The maximum absolute atomic E-state index is 14.1. The van der Waals surface area contributed by atoms with Gasteiger partial charge in [0.25, 0.3) is 0 Å². The SMILES string of the molecule is CC(Oc1ccc(C(=O)O)c(Br)c1F)c1ccccc1. The minimum atomic E-state index is -1.20. The standard InChI is InChI=1S/C15H12BrFO3/c1-9(10-5-3-2-4-6-10)20-12-8-7-11(15(18)19)13(16)14(12)17/h2-9H,1H3,(H,18,19). The average molecular weight is 339 g/mol. The van der Waals surface area contributed by atoms with E-state index in [4.69, 9.17) is 9.84 Å². The fourth-order valence-electron chi connectivity index (χ4n) is 1.77. The summed E-state index contributed by atoms with van der Waals surface area (Å²) in [7, 11) is 0. The summed E-state index contributed by atoms with van der Waals surface area (Å²) in [6.45, 7) is 1.80. The van der Waals surface area contributed by atoms with E-state index in [1.165, 1.54) is 12.1 Å². The van der Waals surface area contributed by atoms with Gasteiger partial charge in [-0.15, -0.1) is 0 Å². The third kappa shape index (κ3) is 2.99. The molecule has 0 aliphatic carbocycles. The third-order valence-electron chi connectivity index (χ3n) is 2.85. The summed E-state index contributed by atoms with van der Waals surface area (Å²) in [6.07, 6.45) is -0.340. The van der Waals surface area contributed by atoms with Gasteiger partial charge in [-0.25, -0.2) is 9.18 Å². The first-order valence-corrected chi connectivity index (χ1v) is 6.73. The fraction of sp³-hybridized carbons (Fsp3) is 0.133. The second kappa shape index (κ2) is 6.05. The lowest BCUT2D eigenvalue weighted by atomic mass is 10.1. The van der Waals surface area contributed by atoms with Crippen LogP contribution < -0.4 is 4.74 Å². The van der Waals surface area contributed by atoms with Gasteiger partial charge in [-0.05, 0) is 40.5 Å². The van der Waals surface area contributed by atoms with Crippen molar-refractivity contribution in [2.24, 2.45) is 0 Å². The van der Waals surface area contributed by atoms with E-state index in [1.54, 1.807) is 6.92 Å². The summed E-state index contributed by atoms with van der Waals surface area (Å²) in [4.78, 5) is 10.9. The highest BCUT2D eigenvalue weighted by Crippen LogP contribution is 2.31. The highest BCUT2D eigenvalue weighted by atomic mass is 79.9. The van der Waals surface area contributed by atoms with E-state index >= 15 is 0 Å². The normalized spacial score (nSPS) is 11.9. The summed E-state index contributed by atoms with van der Waals surface area (Å²) in [5.41, 5.74) is 0.771. The van der Waals surface area contributed by atoms with Crippen LogP contribution in [0.15, 0.2) is 46.9 Å². The molecule has 0 saturated carbocycles. The number of carbonyl (C=O) groups is 1. The molecule has 2 rings (SSSR count). The van der Waals surface area contributed by atoms with Crippen LogP contribution in [-0.2, 0) is 0 Å². The van der Waals surface area contributed by atoms with Gasteiger partial charge in [-0.1, -0.05) is 30.3 Å². The molecule has 0 heterocycles. The molecule has 0 bridgehead atoms. The number of hydrogen-bond acceptors (Lipinski definition) is 2. The van der Waals surface area contributed by atoms with Crippen molar-refractivity contribution in [2.45, 2.75) is 13.0 Å². The van der Waals surface area contributed by atoms with Gasteiger partial charge < -0.3 is 9.84 Å². The van der Waals surface area contributed by atoms with E-state index in [2.05, 4.69) is 15.9 Å². The molecule has 2 aromatic rings. The third-order valence-corrected chi connectivity index (χ3v) is 3.63. The van der Waals surface area contributed by atoms with Crippen LogP contribution >= 0.6 is 15.9 Å². The van der Waals surface area contributed by atoms with Crippen molar-refractivity contribution in [1.29, 1.82) is 0 Å². The minimum Gasteiger partial charge on any atom is -0.483 e. The predicted molar refractivity (Wildman–Crippen MR) is 76.5 cm³/mol. The zero-order valence-corrected chi connectivity index (χ0v) is 12.2. The molecule has 5 heteroatoms. The molecule has 2 aromatic carbocycles. The molecule has 20 heavy (non-hydrogen) atoms. The quantitative estimate of drug-likeness (QED) is 0.897. The number of benzene rings is 2. The molecule has 0 amide bonds. The van der Waals surface area contributed by atoms with Gasteiger partial charge in [0.2, 0.25) is 0 Å². The Hall–Kier alpha value is -1.88. The van der Waals surface area contributed by atoms with Crippen LogP contribution in [0.3, 0.4) is 0 Å². The zero-order chi connectivity index (χ0) is 14.7. The molecule has 0 radical (unpaired) electrons. The Morgan fingerprint density at radius 2 is 1.90 bits per heavy atom. The monoisotopic (exact) mass is 338 g/mol. The zero-order valence-electron chi connectivity index (χ0n) is 10.6. The lowest BCUT2D eigenvalue weighted by molar-refractivity contribution is 0.0695. The molecular formula is C15H12BrFO3. The van der Waals surface area contributed by atoms with E-state index < -0.39 is 11.8 Å². The van der Waals surface area contributed by atoms with Crippen molar-refractivity contribution in [2.75, 3.05) is 0 Å². The lowest BCUT2D eigenvalue weighted by Crippen LogP contribution is -2.06. The Bertz CT molecular complexity index is 629. The van der Waals surface area contributed by atoms with Crippen LogP contribution in [0.25, 0.3) is 0 Å². The first-order chi connectivity index (χ1) is 9.50. The van der Waals surface area contributed by atoms with Gasteiger partial charge in [-0.2, -0.15) is 0 Å². The number of rotatable bonds is 4. The first-order valence-electron chi connectivity index (χ1n) is 5.93. The van der Waals surface area contributed by atoms with Crippen LogP contribution in [0.5, 0.6) is 5.75 Å². The molecule has 0 fully saturated rings. The van der Waals surface area contributed by atoms with Crippen LogP contribution in [0.1, 0.15) is 28.9 Å². The molecule has 1 atom stereocenters. The second-order valence-electron chi connectivity index (χ2n) is 4.22. The maximum atomic E-state index is 14.1. The summed E-state index contributed by atoms with van der Waals surface area (Å²) in [5, 5.41) is 8.90. The Morgan fingerprint density at radius 3 is 2.50 bits per heavy atom. The first kappa shape index (κ1) is 14.5. The lowest BCUT2D eigenvalue weighted by Gasteiger charge is -2.16. The van der Waals surface area contributed by atoms with Gasteiger partial charge in [0, 0.05) is 0 Å². The molecule has 0 spiro atoms. The van der Waals surface area contributed by atoms with Crippen LogP contribution in [0.2, 0.25) is 0 Å². The molecule has 0 aliphatic heterocycles. The Labute approximate surface area is 124 Å². The van der Waals surface area contributed by atoms with Crippen molar-refractivity contribution in [1.82, 2.24) is 0 Å². The van der Waals surface area contributed by atoms with Crippen molar-refractivity contribution < 1.29 is 19.0 Å². The van der Waals surface area contributed by atoms with Crippen molar-refractivity contribution in [3.63, 3.8) is 0 Å². The Kier molecular flexibility index (Phi) is 4.39. The van der Waals surface area contributed by atoms with Crippen molar-refractivity contribution in [3.05, 3.63) is 63.9 Å². The Morgan fingerprint density at radius 1 is 1.25 bits per heavy atom. The number of ether oxygens (including phenoxy) is 1. The van der Waals surface area contributed by atoms with Crippen LogP contribution in [0.4, 0.5) is 4.39 Å². The largest absolute Gasteiger partial charge is 0.483 e. The van der Waals surface area contributed by atoms with Gasteiger partial charge in [-0.3, -0.25) is 0 Å². The minimum absolute atomic E-state index is 0.0122. The number of halogens is 2. The molecule has 0 aromatic heterocycles. The summed E-state index contributed by atoms with van der Waals surface area (Å²) >= 11 is 2.94. The van der Waals surface area contributed by atoms with Gasteiger partial charge in [0.05, 0.1) is 10.0 Å². The molecule has 1 unspecified atom stereocenters. The molecule has 0 aliphatic rings. The van der Waals surface area contributed by atoms with Gasteiger partial charge in [0.15, 0.2) is 11.6 Å². The van der Waals surface area contributed by atoms with E-state index in [0.717, 1.165) is 5.56 Å². The van der Waals surface area contributed by atoms with Crippen LogP contribution in [-0.4, -0.2) is 11.1 Å². The molecular weight excluding hydrogens is 327 g/mol. The summed E-state index contributed by atoms with van der Waals surface area (Å²) < 4.78 is 19.5. The maximum Gasteiger partial charge on any atom is 0.336 e. The van der Waals surface area contributed by atoms with Crippen LogP contribution in [0, 0.1) is 5.82 Å². The molecule has 0 saturated heterocycles. The average Bonchev–Trinajstić information content (AvgIpc) is 2.44. The Balaban J connectivity index is 2.27. The smallest absolute Gasteiger partial charge is 0.336 e. The van der Waals surface area contributed by atoms with Crippen molar-refractivity contribution >= 4 is 21.9 Å². The number of hydrogen-bond donors (Lipinski definition) is 1. The van der Waals surface area contributed by atoms with E-state index in [-0.39, 0.29) is 21.9 Å². The molecule has 3 nitrogen and oxygen atoms in total. The highest BCUT2D eigenvalue weighted by molar-refractivity contribution is 9.10. The number of aromatic carboxylic acids is 1. The van der Waals surface area contributed by atoms with Gasteiger partial charge in [0.1, 0.15) is 6.10 Å². The second-order valence-corrected chi connectivity index (χ2v) is 5.01. The molecule has 1 N–H and O–H groups in total. The number of carboxylic acid groups (broad SMARTS) is 1. The van der Waals surface area contributed by atoms with Gasteiger partial charge >= 0.3 is 5.97 Å². The predicted octanol–water partition coefficient (Wildman–Crippen LogP) is 4.43. The topological polar surface area (TPSA) is 46.5 Å². The molecule has 104 valence electrons. The van der Waals surface area contributed by atoms with E-state index in [1.807, 2.05) is 30.3 Å². The fourth-order valence-corrected chi connectivity index (χ4v) is 2.27. The highest BCUT2D eigenvalue weighted by Gasteiger charge is 2.18. The summed E-state index contributed by atoms with van der Waals surface area (Å²) in [5.74, 6) is -1.90. The van der Waals surface area contributed by atoms with Crippen molar-refractivity contribution in [3.8, 4) is 5.75 Å². The number of carboxylic acids is 1.